The second kappa shape index (κ2) is 6.12. The van der Waals surface area contributed by atoms with Crippen LogP contribution < -0.4 is 4.90 Å². The summed E-state index contributed by atoms with van der Waals surface area (Å²) in [6.45, 7) is 25.6. The second-order valence-electron chi connectivity index (χ2n) is 8.70. The van der Waals surface area contributed by atoms with Crippen LogP contribution in [0.4, 0.5) is 5.00 Å². The van der Waals surface area contributed by atoms with Gasteiger partial charge in [0.25, 0.3) is 0 Å². The van der Waals surface area contributed by atoms with Crippen molar-refractivity contribution in [2.75, 3.05) is 11.4 Å². The summed E-state index contributed by atoms with van der Waals surface area (Å²) in [4.78, 5) is 3.95. The molecule has 0 saturated heterocycles. The first-order valence-corrected chi connectivity index (χ1v) is 9.56. The number of hydrogen-bond donors (Lipinski definition) is 0. The van der Waals surface area contributed by atoms with Crippen molar-refractivity contribution in [3.8, 4) is 0 Å². The summed E-state index contributed by atoms with van der Waals surface area (Å²) in [5.41, 5.74) is 4.59. The number of allylic oxidation sites excluding steroid dienone is 1. The first kappa shape index (κ1) is 18.3. The highest BCUT2D eigenvalue weighted by Crippen LogP contribution is 2.54. The number of thiophene rings is 1. The molecule has 23 heavy (non-hydrogen) atoms. The van der Waals surface area contributed by atoms with E-state index in [2.05, 4.69) is 66.5 Å². The Labute approximate surface area is 147 Å². The molecule has 1 aliphatic carbocycles. The fraction of sp³-hybridized carbons (Fsp3) is 0.619. The van der Waals surface area contributed by atoms with Crippen LogP contribution in [0.15, 0.2) is 24.9 Å². The fourth-order valence-corrected chi connectivity index (χ4v) is 5.38. The molecule has 0 amide bonds. The molecule has 0 fully saturated rings. The first-order valence-electron chi connectivity index (χ1n) is 8.74. The number of hydrogen-bond acceptors (Lipinski definition) is 2. The Balaban J connectivity index is 2.63. The summed E-state index contributed by atoms with van der Waals surface area (Å²) in [5.74, 6) is 0.589. The molecule has 0 radical (unpaired) electrons. The largest absolute Gasteiger partial charge is 0.333 e. The van der Waals surface area contributed by atoms with E-state index in [4.69, 9.17) is 0 Å². The van der Waals surface area contributed by atoms with E-state index in [0.717, 1.165) is 12.2 Å². The maximum Gasteiger partial charge on any atom is 0.0988 e. The predicted octanol–water partition coefficient (Wildman–Crippen LogP) is 6.57. The van der Waals surface area contributed by atoms with Gasteiger partial charge >= 0.3 is 0 Å². The Kier molecular flexibility index (Phi) is 4.88. The third-order valence-electron chi connectivity index (χ3n) is 5.16. The zero-order valence-electron chi connectivity index (χ0n) is 16.0. The Bertz CT molecular complexity index is 616. The summed E-state index contributed by atoms with van der Waals surface area (Å²) < 4.78 is 0. The lowest BCUT2D eigenvalue weighted by Gasteiger charge is -2.39. The quantitative estimate of drug-likeness (QED) is 0.552. The van der Waals surface area contributed by atoms with E-state index in [1.807, 2.05) is 17.4 Å². The Hall–Kier alpha value is -1.02. The molecular formula is C21H33NS. The number of nitrogens with zero attached hydrogens (tertiary/aromatic N) is 1. The number of fused-ring (bicyclic) bond motifs is 1. The Morgan fingerprint density at radius 2 is 1.78 bits per heavy atom. The first-order chi connectivity index (χ1) is 10.5. The van der Waals surface area contributed by atoms with Gasteiger partial charge in [-0.05, 0) is 53.7 Å². The van der Waals surface area contributed by atoms with Crippen molar-refractivity contribution >= 4 is 16.3 Å². The third-order valence-corrected chi connectivity index (χ3v) is 6.84. The predicted molar refractivity (Wildman–Crippen MR) is 106 cm³/mol. The summed E-state index contributed by atoms with van der Waals surface area (Å²) in [5, 5.41) is 1.37. The molecule has 0 spiro atoms. The van der Waals surface area contributed by atoms with E-state index in [1.54, 1.807) is 10.4 Å². The van der Waals surface area contributed by atoms with Crippen molar-refractivity contribution in [1.29, 1.82) is 0 Å². The van der Waals surface area contributed by atoms with E-state index in [1.165, 1.54) is 23.4 Å². The fourth-order valence-electron chi connectivity index (χ4n) is 3.72. The lowest BCUT2D eigenvalue weighted by Crippen LogP contribution is -2.32. The summed E-state index contributed by atoms with van der Waals surface area (Å²) in [6, 6.07) is 0. The monoisotopic (exact) mass is 331 g/mol. The zero-order valence-corrected chi connectivity index (χ0v) is 16.9. The second-order valence-corrected chi connectivity index (χ2v) is 9.70. The van der Waals surface area contributed by atoms with Crippen molar-refractivity contribution in [2.24, 2.45) is 5.92 Å². The van der Waals surface area contributed by atoms with Crippen LogP contribution in [0.3, 0.4) is 0 Å². The van der Waals surface area contributed by atoms with Crippen molar-refractivity contribution < 1.29 is 0 Å². The van der Waals surface area contributed by atoms with Gasteiger partial charge in [0.05, 0.1) is 5.00 Å². The average Bonchev–Trinajstić information content (AvgIpc) is 2.80. The molecule has 1 heterocycles. The number of anilines is 1. The molecule has 0 bridgehead atoms. The molecule has 1 aromatic heterocycles. The minimum Gasteiger partial charge on any atom is -0.333 e. The van der Waals surface area contributed by atoms with Crippen LogP contribution in [0.25, 0.3) is 0 Å². The van der Waals surface area contributed by atoms with Crippen molar-refractivity contribution in [1.82, 2.24) is 0 Å². The summed E-state index contributed by atoms with van der Waals surface area (Å²) >= 11 is 1.98. The Morgan fingerprint density at radius 1 is 1.22 bits per heavy atom. The molecule has 0 aliphatic heterocycles. The molecule has 1 aromatic rings. The molecule has 0 atom stereocenters. The van der Waals surface area contributed by atoms with Gasteiger partial charge in [0.1, 0.15) is 0 Å². The van der Waals surface area contributed by atoms with Crippen LogP contribution >= 0.6 is 11.3 Å². The molecule has 2 heteroatoms. The molecular weight excluding hydrogens is 298 g/mol. The maximum atomic E-state index is 4.24. The molecule has 0 aromatic carbocycles. The minimum absolute atomic E-state index is 0.267. The van der Waals surface area contributed by atoms with E-state index >= 15 is 0 Å². The van der Waals surface area contributed by atoms with Crippen LogP contribution in [-0.4, -0.2) is 6.54 Å². The van der Waals surface area contributed by atoms with Crippen LogP contribution in [0.2, 0.25) is 0 Å². The molecule has 0 saturated carbocycles. The third kappa shape index (κ3) is 3.28. The van der Waals surface area contributed by atoms with E-state index in [0.29, 0.717) is 5.92 Å². The highest BCUT2D eigenvalue weighted by molar-refractivity contribution is 7.16. The maximum absolute atomic E-state index is 4.24. The molecule has 2 rings (SSSR count). The molecule has 128 valence electrons. The van der Waals surface area contributed by atoms with Gasteiger partial charge in [-0.25, -0.2) is 0 Å². The van der Waals surface area contributed by atoms with Crippen molar-refractivity contribution in [2.45, 2.75) is 72.1 Å². The van der Waals surface area contributed by atoms with Crippen LogP contribution in [0.1, 0.15) is 70.4 Å². The summed E-state index contributed by atoms with van der Waals surface area (Å²) in [6.07, 6.45) is 4.41. The molecule has 0 N–H and O–H groups in total. The van der Waals surface area contributed by atoms with E-state index in [9.17, 15) is 0 Å². The van der Waals surface area contributed by atoms with Gasteiger partial charge in [0.15, 0.2) is 0 Å². The standard InChI is InChI=1S/C21H33NS/c1-10-15(4)22(13-14(2)3)19-16(5)17-18(23-19)21(8,9)12-11-20(17,6)7/h10,14H,1,4,11-13H2,2-3,5-9H3. The average molecular weight is 332 g/mol. The van der Waals surface area contributed by atoms with Crippen molar-refractivity contribution in [3.05, 3.63) is 40.9 Å². The molecule has 0 unspecified atom stereocenters. The van der Waals surface area contributed by atoms with E-state index in [-0.39, 0.29) is 10.8 Å². The number of rotatable bonds is 5. The molecule has 1 aliphatic rings. The van der Waals surface area contributed by atoms with E-state index < -0.39 is 0 Å². The van der Waals surface area contributed by atoms with Gasteiger partial charge in [-0.3, -0.25) is 0 Å². The normalized spacial score (nSPS) is 18.6. The topological polar surface area (TPSA) is 3.24 Å². The minimum atomic E-state index is 0.267. The van der Waals surface area contributed by atoms with Gasteiger partial charge in [-0.1, -0.05) is 54.7 Å². The SMILES string of the molecule is C=CC(=C)N(CC(C)C)c1sc2c(c1C)C(C)(C)CCC2(C)C. The van der Waals surface area contributed by atoms with Gasteiger partial charge < -0.3 is 4.90 Å². The van der Waals surface area contributed by atoms with Gasteiger partial charge in [-0.2, -0.15) is 0 Å². The van der Waals surface area contributed by atoms with Crippen LogP contribution in [0, 0.1) is 12.8 Å². The van der Waals surface area contributed by atoms with Crippen LogP contribution in [0.5, 0.6) is 0 Å². The molecule has 1 nitrogen and oxygen atoms in total. The smallest absolute Gasteiger partial charge is 0.0988 e. The van der Waals surface area contributed by atoms with Crippen molar-refractivity contribution in [3.63, 3.8) is 0 Å². The summed E-state index contributed by atoms with van der Waals surface area (Å²) in [7, 11) is 0. The zero-order chi connectivity index (χ0) is 17.6. The lowest BCUT2D eigenvalue weighted by molar-refractivity contribution is 0.337. The lowest BCUT2D eigenvalue weighted by atomic mass is 9.66. The highest BCUT2D eigenvalue weighted by atomic mass is 32.1. The van der Waals surface area contributed by atoms with Crippen LogP contribution in [-0.2, 0) is 10.8 Å². The van der Waals surface area contributed by atoms with Gasteiger partial charge in [0.2, 0.25) is 0 Å². The van der Waals surface area contributed by atoms with Gasteiger partial charge in [0, 0.05) is 17.1 Å². The Morgan fingerprint density at radius 3 is 2.26 bits per heavy atom. The van der Waals surface area contributed by atoms with Gasteiger partial charge in [-0.15, -0.1) is 11.3 Å². The highest BCUT2D eigenvalue weighted by Gasteiger charge is 2.41.